The number of anilines is 1. The van der Waals surface area contributed by atoms with Gasteiger partial charge in [-0.25, -0.2) is 9.59 Å². The number of amides is 1. The quantitative estimate of drug-likeness (QED) is 0.488. The molecular weight excluding hydrogens is 332 g/mol. The second-order valence-corrected chi connectivity index (χ2v) is 5.80. The number of nitrogens with one attached hydrogen (secondary N) is 1. The number of alkyl carbamates (subject to hydrolysis) is 1. The van der Waals surface area contributed by atoms with Gasteiger partial charge in [0.15, 0.2) is 0 Å². The minimum absolute atomic E-state index is 0.0193. The number of nitrogens with two attached hydrogens (primary N) is 1. The van der Waals surface area contributed by atoms with Gasteiger partial charge in [-0.15, -0.1) is 0 Å². The van der Waals surface area contributed by atoms with E-state index >= 15 is 0 Å². The lowest BCUT2D eigenvalue weighted by Crippen LogP contribution is -2.28. The van der Waals surface area contributed by atoms with Crippen LogP contribution in [0.3, 0.4) is 0 Å². The largest absolute Gasteiger partial charge is 0.464 e. The number of rotatable bonds is 5. The van der Waals surface area contributed by atoms with Crippen LogP contribution in [0.1, 0.15) is 22.3 Å². The van der Waals surface area contributed by atoms with Crippen molar-refractivity contribution in [3.63, 3.8) is 0 Å². The van der Waals surface area contributed by atoms with E-state index in [0.29, 0.717) is 5.69 Å². The molecule has 136 valence electrons. The lowest BCUT2D eigenvalue weighted by atomic mass is 10.0. The number of hydrogen-bond acceptors (Lipinski definition) is 5. The Bertz CT molecular complexity index is 806. The van der Waals surface area contributed by atoms with E-state index < -0.39 is 12.1 Å². The van der Waals surface area contributed by atoms with Gasteiger partial charge < -0.3 is 15.2 Å². The summed E-state index contributed by atoms with van der Waals surface area (Å²) in [5.41, 5.74) is 9.94. The summed E-state index contributed by atoms with van der Waals surface area (Å²) < 4.78 is 9.87. The zero-order valence-corrected chi connectivity index (χ0v) is 15.0. The van der Waals surface area contributed by atoms with Crippen molar-refractivity contribution in [2.75, 3.05) is 12.8 Å². The van der Waals surface area contributed by atoms with Crippen molar-refractivity contribution in [1.82, 2.24) is 5.32 Å². The fourth-order valence-corrected chi connectivity index (χ4v) is 2.38. The van der Waals surface area contributed by atoms with E-state index in [9.17, 15) is 9.59 Å². The highest BCUT2D eigenvalue weighted by Crippen LogP contribution is 2.20. The smallest absolute Gasteiger partial charge is 0.412 e. The molecule has 0 aliphatic rings. The Morgan fingerprint density at radius 1 is 1.12 bits per heavy atom. The van der Waals surface area contributed by atoms with Crippen LogP contribution in [0, 0.1) is 13.8 Å². The Hall–Kier alpha value is -3.28. The van der Waals surface area contributed by atoms with Crippen molar-refractivity contribution >= 4 is 23.8 Å². The summed E-state index contributed by atoms with van der Waals surface area (Å²) in [6.07, 6.45) is 0.782. The first-order chi connectivity index (χ1) is 12.4. The van der Waals surface area contributed by atoms with Gasteiger partial charge in [-0.3, -0.25) is 5.32 Å². The van der Waals surface area contributed by atoms with Gasteiger partial charge in [0, 0.05) is 5.69 Å². The number of esters is 1. The summed E-state index contributed by atoms with van der Waals surface area (Å²) in [5, 5.41) is 2.43. The molecular formula is C20H22N2O4. The number of methoxy groups -OCH3 is 1. The fraction of sp³-hybridized carbons (Fsp3) is 0.200. The molecule has 0 fully saturated rings. The maximum Gasteiger partial charge on any atom is 0.412 e. The second-order valence-electron chi connectivity index (χ2n) is 5.80. The molecule has 6 nitrogen and oxygen atoms in total. The highest BCUT2D eigenvalue weighted by Gasteiger charge is 2.15. The number of carbonyl (C=O) groups excluding carboxylic acids is 2. The summed E-state index contributed by atoms with van der Waals surface area (Å²) in [4.78, 5) is 24.0. The Morgan fingerprint density at radius 2 is 1.73 bits per heavy atom. The molecule has 0 radical (unpaired) electrons. The van der Waals surface area contributed by atoms with Crippen molar-refractivity contribution in [1.29, 1.82) is 0 Å². The lowest BCUT2D eigenvalue weighted by Gasteiger charge is -2.11. The topological polar surface area (TPSA) is 90.6 Å². The molecule has 2 rings (SSSR count). The molecule has 2 aromatic rings. The molecule has 0 unspecified atom stereocenters. The normalized spacial score (nSPS) is 11.0. The predicted molar refractivity (Wildman–Crippen MR) is 100 cm³/mol. The number of nitrogen functional groups attached to an aromatic ring is 1. The molecule has 0 aliphatic carbocycles. The molecule has 2 aromatic carbocycles. The van der Waals surface area contributed by atoms with Gasteiger partial charge in [-0.2, -0.15) is 0 Å². The third kappa shape index (κ3) is 5.11. The van der Waals surface area contributed by atoms with Crippen LogP contribution in [-0.4, -0.2) is 19.2 Å². The number of hydrogen-bond donors (Lipinski definition) is 2. The molecule has 0 aliphatic heterocycles. The Balaban J connectivity index is 2.14. The maximum absolute atomic E-state index is 12.0. The SMILES string of the molecule is COC(=O)C(=Cc1cc(C)c(N)c(C)c1)NC(=O)OCc1ccccc1. The summed E-state index contributed by atoms with van der Waals surface area (Å²) in [6.45, 7) is 3.85. The Labute approximate surface area is 152 Å². The Morgan fingerprint density at radius 3 is 2.31 bits per heavy atom. The molecule has 0 spiro atoms. The third-order valence-corrected chi connectivity index (χ3v) is 3.78. The van der Waals surface area contributed by atoms with Crippen molar-refractivity contribution in [2.24, 2.45) is 0 Å². The molecule has 1 amide bonds. The molecule has 6 heteroatoms. The molecule has 0 heterocycles. The van der Waals surface area contributed by atoms with E-state index in [1.807, 2.05) is 56.3 Å². The van der Waals surface area contributed by atoms with Crippen LogP contribution in [-0.2, 0) is 20.9 Å². The van der Waals surface area contributed by atoms with Crippen LogP contribution in [0.4, 0.5) is 10.5 Å². The van der Waals surface area contributed by atoms with Crippen molar-refractivity contribution in [2.45, 2.75) is 20.5 Å². The van der Waals surface area contributed by atoms with Crippen LogP contribution >= 0.6 is 0 Å². The minimum Gasteiger partial charge on any atom is -0.464 e. The van der Waals surface area contributed by atoms with Gasteiger partial charge in [0.25, 0.3) is 0 Å². The van der Waals surface area contributed by atoms with Gasteiger partial charge in [0.1, 0.15) is 12.3 Å². The number of ether oxygens (including phenoxy) is 2. The molecule has 0 atom stereocenters. The number of benzene rings is 2. The summed E-state index contributed by atoms with van der Waals surface area (Å²) >= 11 is 0. The van der Waals surface area contributed by atoms with Crippen molar-refractivity contribution in [3.05, 3.63) is 70.4 Å². The molecule has 0 saturated carbocycles. The standard InChI is InChI=1S/C20H22N2O4/c1-13-9-16(10-14(2)18(13)21)11-17(19(23)25-3)22-20(24)26-12-15-7-5-4-6-8-15/h4-11H,12,21H2,1-3H3,(H,22,24). The Kier molecular flexibility index (Phi) is 6.38. The predicted octanol–water partition coefficient (Wildman–Crippen LogP) is 3.33. The van der Waals surface area contributed by atoms with E-state index in [1.54, 1.807) is 0 Å². The van der Waals surface area contributed by atoms with Gasteiger partial charge in [-0.1, -0.05) is 30.3 Å². The van der Waals surface area contributed by atoms with Crippen LogP contribution < -0.4 is 11.1 Å². The number of aryl methyl sites for hydroxylation is 2. The van der Waals surface area contributed by atoms with Gasteiger partial charge in [-0.05, 0) is 54.3 Å². The molecule has 0 aromatic heterocycles. The average Bonchev–Trinajstić information content (AvgIpc) is 2.64. The van der Waals surface area contributed by atoms with Crippen molar-refractivity contribution in [3.8, 4) is 0 Å². The monoisotopic (exact) mass is 354 g/mol. The van der Waals surface area contributed by atoms with Crippen LogP contribution in [0.2, 0.25) is 0 Å². The summed E-state index contributed by atoms with van der Waals surface area (Å²) in [7, 11) is 1.24. The summed E-state index contributed by atoms with van der Waals surface area (Å²) in [5.74, 6) is -0.672. The van der Waals surface area contributed by atoms with Gasteiger partial charge in [0.2, 0.25) is 0 Å². The van der Waals surface area contributed by atoms with E-state index in [-0.39, 0.29) is 12.3 Å². The fourth-order valence-electron chi connectivity index (χ4n) is 2.38. The highest BCUT2D eigenvalue weighted by molar-refractivity contribution is 5.96. The van der Waals surface area contributed by atoms with E-state index in [2.05, 4.69) is 5.32 Å². The minimum atomic E-state index is -0.741. The molecule has 26 heavy (non-hydrogen) atoms. The number of carbonyl (C=O) groups is 2. The van der Waals surface area contributed by atoms with E-state index in [0.717, 1.165) is 22.3 Å². The van der Waals surface area contributed by atoms with Crippen molar-refractivity contribution < 1.29 is 19.1 Å². The lowest BCUT2D eigenvalue weighted by molar-refractivity contribution is -0.136. The third-order valence-electron chi connectivity index (χ3n) is 3.78. The summed E-state index contributed by atoms with van der Waals surface area (Å²) in [6, 6.07) is 12.9. The van der Waals surface area contributed by atoms with Crippen LogP contribution in [0.15, 0.2) is 48.2 Å². The van der Waals surface area contributed by atoms with Crippen LogP contribution in [0.25, 0.3) is 6.08 Å². The van der Waals surface area contributed by atoms with E-state index in [1.165, 1.54) is 13.2 Å². The zero-order chi connectivity index (χ0) is 19.1. The zero-order valence-electron chi connectivity index (χ0n) is 15.0. The van der Waals surface area contributed by atoms with Gasteiger partial charge >= 0.3 is 12.1 Å². The van der Waals surface area contributed by atoms with Gasteiger partial charge in [0.05, 0.1) is 7.11 Å². The average molecular weight is 354 g/mol. The molecule has 0 bridgehead atoms. The first kappa shape index (κ1) is 19.1. The van der Waals surface area contributed by atoms with E-state index in [4.69, 9.17) is 15.2 Å². The molecule has 3 N–H and O–H groups in total. The first-order valence-electron chi connectivity index (χ1n) is 8.05. The maximum atomic E-state index is 12.0. The second kappa shape index (κ2) is 8.71. The van der Waals surface area contributed by atoms with Crippen LogP contribution in [0.5, 0.6) is 0 Å². The first-order valence-corrected chi connectivity index (χ1v) is 8.05. The highest BCUT2D eigenvalue weighted by atomic mass is 16.6. The molecule has 0 saturated heterocycles.